The number of nitrogens with zero attached hydrogens (tertiary/aromatic N) is 2. The van der Waals surface area contributed by atoms with Crippen molar-refractivity contribution >= 4 is 35.0 Å². The maximum absolute atomic E-state index is 13.0. The van der Waals surface area contributed by atoms with E-state index in [1.807, 2.05) is 4.90 Å². The Kier molecular flexibility index (Phi) is 5.19. The molecule has 0 aliphatic carbocycles. The van der Waals surface area contributed by atoms with E-state index in [-0.39, 0.29) is 36.1 Å². The molecule has 0 bridgehead atoms. The van der Waals surface area contributed by atoms with Crippen molar-refractivity contribution < 1.29 is 19.3 Å². The van der Waals surface area contributed by atoms with Crippen molar-refractivity contribution in [3.05, 3.63) is 29.3 Å². The number of halogens is 1. The zero-order chi connectivity index (χ0) is 19.0. The van der Waals surface area contributed by atoms with Gasteiger partial charge in [0.2, 0.25) is 11.8 Å². The molecule has 3 saturated heterocycles. The van der Waals surface area contributed by atoms with Gasteiger partial charge in [0, 0.05) is 18.1 Å². The number of imide groups is 1. The number of anilines is 1. The Morgan fingerprint density at radius 2 is 1.78 bits per heavy atom. The molecule has 3 atom stereocenters. The van der Waals surface area contributed by atoms with E-state index in [4.69, 9.17) is 11.6 Å². The molecular formula is C20H25ClN3O3+. The highest BCUT2D eigenvalue weighted by Crippen LogP contribution is 2.24. The Hall–Kier alpha value is -1.92. The molecule has 3 aliphatic rings. The molecule has 0 radical (unpaired) electrons. The standard InChI is InChI=1S/C20H24ClN3O3/c21-15-5-7-16(8-6-15)24-18(25)12-17(20(24)27)23-11-3-4-14(13-23)19(26)22-9-1-2-10-22/h5-8,14,17H,1-4,9-13H2/p+1/t14-,17+/m0/s1. The fourth-order valence-electron chi connectivity index (χ4n) is 4.63. The molecule has 0 saturated carbocycles. The highest BCUT2D eigenvalue weighted by Gasteiger charge is 2.47. The summed E-state index contributed by atoms with van der Waals surface area (Å²) in [4.78, 5) is 42.6. The van der Waals surface area contributed by atoms with Crippen LogP contribution >= 0.6 is 11.6 Å². The maximum atomic E-state index is 13.0. The first-order valence-corrected chi connectivity index (χ1v) is 10.2. The third kappa shape index (κ3) is 3.60. The van der Waals surface area contributed by atoms with E-state index in [1.165, 1.54) is 4.90 Å². The second kappa shape index (κ2) is 7.60. The number of likely N-dealkylation sites (tertiary alicyclic amines) is 2. The fraction of sp³-hybridized carbons (Fsp3) is 0.550. The number of nitrogens with one attached hydrogen (secondary N) is 1. The summed E-state index contributed by atoms with van der Waals surface area (Å²) in [6, 6.07) is 6.38. The average Bonchev–Trinajstić information content (AvgIpc) is 3.31. The van der Waals surface area contributed by atoms with Crippen LogP contribution in [0.1, 0.15) is 32.1 Å². The van der Waals surface area contributed by atoms with Gasteiger partial charge in [-0.1, -0.05) is 11.6 Å². The van der Waals surface area contributed by atoms with Crippen LogP contribution in [0.15, 0.2) is 24.3 Å². The normalized spacial score (nSPS) is 28.9. The molecule has 3 aliphatic heterocycles. The summed E-state index contributed by atoms with van der Waals surface area (Å²) in [6.07, 6.45) is 4.18. The highest BCUT2D eigenvalue weighted by molar-refractivity contribution is 6.30. The molecule has 144 valence electrons. The van der Waals surface area contributed by atoms with Crippen molar-refractivity contribution in [1.29, 1.82) is 0 Å². The Morgan fingerprint density at radius 3 is 2.48 bits per heavy atom. The maximum Gasteiger partial charge on any atom is 0.292 e. The van der Waals surface area contributed by atoms with Crippen LogP contribution < -0.4 is 9.80 Å². The highest BCUT2D eigenvalue weighted by atomic mass is 35.5. The number of carbonyl (C=O) groups excluding carboxylic acids is 3. The van der Waals surface area contributed by atoms with Gasteiger partial charge in [-0.25, -0.2) is 4.90 Å². The molecule has 1 aromatic carbocycles. The zero-order valence-corrected chi connectivity index (χ0v) is 16.1. The fourth-order valence-corrected chi connectivity index (χ4v) is 4.76. The van der Waals surface area contributed by atoms with Crippen molar-refractivity contribution in [2.75, 3.05) is 31.1 Å². The summed E-state index contributed by atoms with van der Waals surface area (Å²) in [6.45, 7) is 3.20. The lowest BCUT2D eigenvalue weighted by atomic mass is 9.95. The first-order chi connectivity index (χ1) is 13.0. The summed E-state index contributed by atoms with van der Waals surface area (Å²) >= 11 is 5.91. The number of carbonyl (C=O) groups is 3. The summed E-state index contributed by atoms with van der Waals surface area (Å²) in [5, 5.41) is 0.569. The summed E-state index contributed by atoms with van der Waals surface area (Å²) in [5.74, 6) is -0.130. The van der Waals surface area contributed by atoms with Crippen molar-refractivity contribution in [3.63, 3.8) is 0 Å². The van der Waals surface area contributed by atoms with Crippen LogP contribution in [0, 0.1) is 5.92 Å². The molecule has 6 nitrogen and oxygen atoms in total. The molecule has 3 amide bonds. The van der Waals surface area contributed by atoms with Gasteiger partial charge in [-0.3, -0.25) is 14.4 Å². The Balaban J connectivity index is 1.46. The second-order valence-corrected chi connectivity index (χ2v) is 8.22. The minimum absolute atomic E-state index is 0.0284. The monoisotopic (exact) mass is 390 g/mol. The largest absolute Gasteiger partial charge is 0.342 e. The minimum Gasteiger partial charge on any atom is -0.342 e. The van der Waals surface area contributed by atoms with E-state index < -0.39 is 0 Å². The number of quaternary nitrogens is 1. The molecule has 1 N–H and O–H groups in total. The zero-order valence-electron chi connectivity index (χ0n) is 15.3. The lowest BCUT2D eigenvalue weighted by Crippen LogP contribution is -3.18. The van der Waals surface area contributed by atoms with Gasteiger partial charge in [0.05, 0.1) is 31.1 Å². The van der Waals surface area contributed by atoms with E-state index in [0.29, 0.717) is 17.3 Å². The van der Waals surface area contributed by atoms with Crippen LogP contribution in [0.3, 0.4) is 0 Å². The second-order valence-electron chi connectivity index (χ2n) is 7.78. The Labute approximate surface area is 164 Å². The summed E-state index contributed by atoms with van der Waals surface area (Å²) in [7, 11) is 0. The van der Waals surface area contributed by atoms with E-state index in [2.05, 4.69) is 0 Å². The van der Waals surface area contributed by atoms with Crippen LogP contribution in [-0.2, 0) is 14.4 Å². The van der Waals surface area contributed by atoms with Gasteiger partial charge < -0.3 is 9.80 Å². The van der Waals surface area contributed by atoms with Crippen LogP contribution in [0.4, 0.5) is 5.69 Å². The topological polar surface area (TPSA) is 62.1 Å². The van der Waals surface area contributed by atoms with Crippen molar-refractivity contribution in [2.45, 2.75) is 38.1 Å². The van der Waals surface area contributed by atoms with E-state index >= 15 is 0 Å². The van der Waals surface area contributed by atoms with Gasteiger partial charge in [-0.2, -0.15) is 0 Å². The lowest BCUT2D eigenvalue weighted by molar-refractivity contribution is -0.922. The Morgan fingerprint density at radius 1 is 1.07 bits per heavy atom. The van der Waals surface area contributed by atoms with Gasteiger partial charge >= 0.3 is 0 Å². The number of rotatable bonds is 3. The number of piperidine rings is 1. The number of benzene rings is 1. The smallest absolute Gasteiger partial charge is 0.292 e. The third-order valence-corrected chi connectivity index (χ3v) is 6.30. The predicted molar refractivity (Wildman–Crippen MR) is 102 cm³/mol. The first-order valence-electron chi connectivity index (χ1n) is 9.80. The van der Waals surface area contributed by atoms with Crippen LogP contribution in [0.5, 0.6) is 0 Å². The van der Waals surface area contributed by atoms with Gasteiger partial charge in [0.1, 0.15) is 0 Å². The molecule has 27 heavy (non-hydrogen) atoms. The SMILES string of the molecule is O=C([C@H]1CCC[NH+]([C@@H]2CC(=O)N(c3ccc(Cl)cc3)C2=O)C1)N1CCCC1. The van der Waals surface area contributed by atoms with Crippen LogP contribution in [-0.4, -0.2) is 54.8 Å². The molecule has 0 spiro atoms. The Bertz CT molecular complexity index is 745. The van der Waals surface area contributed by atoms with Gasteiger partial charge in [0.15, 0.2) is 6.04 Å². The first kappa shape index (κ1) is 18.4. The molecule has 0 aromatic heterocycles. The summed E-state index contributed by atoms with van der Waals surface area (Å²) in [5.41, 5.74) is 0.568. The molecular weight excluding hydrogens is 366 g/mol. The van der Waals surface area contributed by atoms with Crippen LogP contribution in [0.25, 0.3) is 0 Å². The third-order valence-electron chi connectivity index (χ3n) is 6.05. The van der Waals surface area contributed by atoms with Crippen molar-refractivity contribution in [3.8, 4) is 0 Å². The number of amides is 3. The number of hydrogen-bond donors (Lipinski definition) is 1. The molecule has 3 heterocycles. The van der Waals surface area contributed by atoms with Crippen molar-refractivity contribution in [1.82, 2.24) is 4.90 Å². The minimum atomic E-state index is -0.387. The van der Waals surface area contributed by atoms with Gasteiger partial charge in [0.25, 0.3) is 5.91 Å². The van der Waals surface area contributed by atoms with Gasteiger partial charge in [-0.05, 0) is 49.9 Å². The quantitative estimate of drug-likeness (QED) is 0.780. The summed E-state index contributed by atoms with van der Waals surface area (Å²) < 4.78 is 0. The van der Waals surface area contributed by atoms with Gasteiger partial charge in [-0.15, -0.1) is 0 Å². The molecule has 4 rings (SSSR count). The molecule has 1 aromatic rings. The van der Waals surface area contributed by atoms with Crippen molar-refractivity contribution in [2.24, 2.45) is 5.92 Å². The van der Waals surface area contributed by atoms with Crippen LogP contribution in [0.2, 0.25) is 5.02 Å². The van der Waals surface area contributed by atoms with E-state index in [1.54, 1.807) is 24.3 Å². The molecule has 3 fully saturated rings. The average molecular weight is 391 g/mol. The lowest BCUT2D eigenvalue weighted by Gasteiger charge is -2.33. The van der Waals surface area contributed by atoms with E-state index in [9.17, 15) is 14.4 Å². The molecule has 7 heteroatoms. The van der Waals surface area contributed by atoms with E-state index in [0.717, 1.165) is 50.2 Å². The predicted octanol–water partition coefficient (Wildman–Crippen LogP) is 0.889. The molecule has 1 unspecified atom stereocenters. The number of hydrogen-bond acceptors (Lipinski definition) is 3.